The van der Waals surface area contributed by atoms with E-state index in [4.69, 9.17) is 18.9 Å². The lowest BCUT2D eigenvalue weighted by atomic mass is 9.44. The number of hydrogen-bond donors (Lipinski definition) is 8. The summed E-state index contributed by atoms with van der Waals surface area (Å²) in [5.74, 6) is 0.372. The van der Waals surface area contributed by atoms with Gasteiger partial charge in [0.15, 0.2) is 16.8 Å². The Kier molecular flexibility index (Phi) is 12.1. The van der Waals surface area contributed by atoms with Crippen molar-refractivity contribution in [3.05, 3.63) is 76.5 Å². The lowest BCUT2D eigenvalue weighted by Crippen LogP contribution is -2.93. The lowest BCUT2D eigenvalue weighted by Gasteiger charge is -2.75. The van der Waals surface area contributed by atoms with Crippen LogP contribution in [0.3, 0.4) is 0 Å². The van der Waals surface area contributed by atoms with E-state index in [0.29, 0.717) is 42.9 Å². The molecule has 8 aliphatic rings. The van der Waals surface area contributed by atoms with Crippen molar-refractivity contribution < 1.29 is 64.3 Å². The third-order valence-electron chi connectivity index (χ3n) is 18.1. The molecule has 14 nitrogen and oxygen atoms in total. The summed E-state index contributed by atoms with van der Waals surface area (Å²) in [6.07, 6.45) is 5.94. The van der Waals surface area contributed by atoms with E-state index in [1.165, 1.54) is 32.4 Å². The van der Waals surface area contributed by atoms with Gasteiger partial charge in [-0.15, -0.1) is 12.5 Å². The van der Waals surface area contributed by atoms with Crippen LogP contribution in [0.4, 0.5) is 0 Å². The number of nitrogens with one attached hydrogen (secondary N) is 1. The SMILES string of the molecule is C=C[C@@H]1[C@H](CC(=O)O)C(C(=O)OC)=CC[C@H]1O[C@]12O[C@@]3(CO)[C@H](C#CC[C@H](CO)CC4=c5[nH]c([C@H](C)C6CCCCC6)cc5=C5CC[C@@]1(O)[C@@H](O)[C@@]53O4)[C@@]1(CC[C@H](Cc3cccc(O)c3)C1)[C@H]2O. The van der Waals surface area contributed by atoms with Gasteiger partial charge in [-0.1, -0.05) is 56.4 Å². The van der Waals surface area contributed by atoms with Gasteiger partial charge in [0.1, 0.15) is 23.7 Å². The molecule has 4 aliphatic carbocycles. The largest absolute Gasteiger partial charge is 0.508 e. The number of methoxy groups -OCH3 is 1. The zero-order chi connectivity index (χ0) is 48.0. The number of carbonyl (C=O) groups is 2. The Morgan fingerprint density at radius 2 is 1.87 bits per heavy atom. The zero-order valence-electron chi connectivity index (χ0n) is 39.1. The Bertz CT molecular complexity index is 2570. The van der Waals surface area contributed by atoms with E-state index in [0.717, 1.165) is 34.7 Å². The molecular weight excluding hydrogens is 871 g/mol. The average Bonchev–Trinajstić information content (AvgIpc) is 3.97. The van der Waals surface area contributed by atoms with E-state index >= 15 is 0 Å². The van der Waals surface area contributed by atoms with Gasteiger partial charge in [-0.25, -0.2) is 4.79 Å². The normalized spacial score (nSPS) is 39.8. The predicted molar refractivity (Wildman–Crippen MR) is 247 cm³/mol. The number of ether oxygens (including phenoxy) is 4. The van der Waals surface area contributed by atoms with Crippen molar-refractivity contribution in [3.63, 3.8) is 0 Å². The van der Waals surface area contributed by atoms with Crippen molar-refractivity contribution in [2.45, 2.75) is 150 Å². The highest BCUT2D eigenvalue weighted by Crippen LogP contribution is 2.72. The molecule has 2 aromatic rings. The van der Waals surface area contributed by atoms with Gasteiger partial charge >= 0.3 is 11.9 Å². The van der Waals surface area contributed by atoms with E-state index < -0.39 is 89.0 Å². The molecule has 2 saturated heterocycles. The Morgan fingerprint density at radius 3 is 2.57 bits per heavy atom. The number of aliphatic hydroxyl groups excluding tert-OH is 4. The number of hydrogen-bond acceptors (Lipinski definition) is 12. The summed E-state index contributed by atoms with van der Waals surface area (Å²) in [5.41, 5.74) is -5.03. The Labute approximate surface area is 396 Å². The number of carboxylic acid groups (broad SMARTS) is 1. The smallest absolute Gasteiger partial charge is 0.333 e. The monoisotopic (exact) mass is 937 g/mol. The minimum absolute atomic E-state index is 0.00210. The predicted octanol–water partition coefficient (Wildman–Crippen LogP) is 3.98. The van der Waals surface area contributed by atoms with Crippen LogP contribution < -0.4 is 10.6 Å². The van der Waals surface area contributed by atoms with Gasteiger partial charge in [0, 0.05) is 53.2 Å². The first kappa shape index (κ1) is 47.2. The highest BCUT2D eigenvalue weighted by molar-refractivity contribution is 5.90. The molecule has 5 fully saturated rings. The molecule has 5 bridgehead atoms. The third kappa shape index (κ3) is 6.77. The van der Waals surface area contributed by atoms with Crippen molar-refractivity contribution in [2.75, 3.05) is 20.3 Å². The van der Waals surface area contributed by atoms with Gasteiger partial charge in [0.2, 0.25) is 5.79 Å². The van der Waals surface area contributed by atoms with Crippen LogP contribution in [-0.2, 0) is 35.0 Å². The number of carboxylic acids is 1. The first-order valence-corrected chi connectivity index (χ1v) is 24.9. The number of aromatic hydroxyl groups is 1. The molecule has 2 spiro atoms. The number of aliphatic carboxylic acids is 1. The highest BCUT2D eigenvalue weighted by Gasteiger charge is 2.88. The molecule has 0 radical (unpaired) electrons. The van der Waals surface area contributed by atoms with E-state index in [1.54, 1.807) is 24.3 Å². The number of aromatic nitrogens is 1. The topological polar surface area (TPSA) is 228 Å². The second-order valence-corrected chi connectivity index (χ2v) is 21.5. The Balaban J connectivity index is 1.20. The Hall–Kier alpha value is -4.46. The van der Waals surface area contributed by atoms with Crippen molar-refractivity contribution >= 4 is 23.3 Å². The fourth-order valence-electron chi connectivity index (χ4n) is 14.8. The number of esters is 1. The minimum atomic E-state index is -2.49. The van der Waals surface area contributed by atoms with Gasteiger partial charge in [0.25, 0.3) is 0 Å². The molecule has 3 saturated carbocycles. The molecule has 10 rings (SSSR count). The summed E-state index contributed by atoms with van der Waals surface area (Å²) in [4.78, 5) is 29.3. The second kappa shape index (κ2) is 17.4. The molecule has 1 aromatic carbocycles. The molecule has 4 aliphatic heterocycles. The fraction of sp³-hybridized carbons (Fsp3) is 0.630. The fourth-order valence-corrected chi connectivity index (χ4v) is 14.8. The third-order valence-corrected chi connectivity index (χ3v) is 18.1. The van der Waals surface area contributed by atoms with Crippen LogP contribution in [0.5, 0.6) is 5.75 Å². The van der Waals surface area contributed by atoms with E-state index in [1.807, 2.05) is 6.07 Å². The van der Waals surface area contributed by atoms with E-state index in [9.17, 15) is 45.3 Å². The standard InChI is InChI=1S/C54H67NO13/c1-4-36-38(26-45(59)60)37(47(61)65-3)16-17-42(36)67-54-48(62)50(20-18-32(27-50)22-31-10-8-14-35(58)23-31)44-15-9-11-33(28-56)24-43-46-39(25-41(55-46)30(2)34-12-6-5-7-13-34)40-19-21-51(54,64)49(63)53(40,66-43)52(44,29-57)68-54/h4,8,10,14,16,23,25,30,32-34,36,38,42,44,48-49,55-58,62-64H,1,5-7,11-13,17-22,24,26-29H2,2-3H3,(H,59,60)/t30-,32-,33+,36-,38+,42-,44-,48-,49-,50+,51-,52+,53+,54-/m1/s1. The first-order chi connectivity index (χ1) is 32.6. The van der Waals surface area contributed by atoms with Crippen LogP contribution in [0, 0.1) is 52.8 Å². The number of benzene rings is 1. The molecule has 14 heteroatoms. The zero-order valence-corrected chi connectivity index (χ0v) is 39.1. The number of phenolic OH excluding ortho intramolecular Hbond substituents is 1. The maximum Gasteiger partial charge on any atom is 0.333 e. The number of carbonyl (C=O) groups excluding carboxylic acids is 1. The molecule has 14 atom stereocenters. The van der Waals surface area contributed by atoms with Crippen molar-refractivity contribution in [1.82, 2.24) is 4.98 Å². The number of fused-ring (bicyclic) bond motifs is 6. The van der Waals surface area contributed by atoms with Crippen molar-refractivity contribution in [2.24, 2.45) is 40.9 Å². The summed E-state index contributed by atoms with van der Waals surface area (Å²) in [6, 6.07) is 9.20. The maximum atomic E-state index is 13.8. The number of phenols is 1. The molecule has 1 aromatic heterocycles. The van der Waals surface area contributed by atoms with Crippen LogP contribution in [-0.4, -0.2) is 114 Å². The second-order valence-electron chi connectivity index (χ2n) is 21.5. The molecule has 366 valence electrons. The van der Waals surface area contributed by atoms with Crippen molar-refractivity contribution in [3.8, 4) is 17.6 Å². The van der Waals surface area contributed by atoms with E-state index in [2.05, 4.69) is 36.4 Å². The van der Waals surface area contributed by atoms with Crippen LogP contribution in [0.15, 0.2) is 54.6 Å². The van der Waals surface area contributed by atoms with Crippen LogP contribution in [0.25, 0.3) is 11.3 Å². The molecule has 0 unspecified atom stereocenters. The summed E-state index contributed by atoms with van der Waals surface area (Å²) < 4.78 is 27.3. The Morgan fingerprint density at radius 1 is 1.07 bits per heavy atom. The molecule has 0 amide bonds. The van der Waals surface area contributed by atoms with Gasteiger partial charge in [-0.05, 0) is 111 Å². The van der Waals surface area contributed by atoms with Crippen LogP contribution >= 0.6 is 0 Å². The van der Waals surface area contributed by atoms with Gasteiger partial charge in [0.05, 0.1) is 37.5 Å². The van der Waals surface area contributed by atoms with E-state index in [-0.39, 0.29) is 67.8 Å². The van der Waals surface area contributed by atoms with Crippen LogP contribution in [0.2, 0.25) is 0 Å². The maximum absolute atomic E-state index is 13.8. The molecule has 8 N–H and O–H groups in total. The highest BCUT2D eigenvalue weighted by atomic mass is 16.8. The minimum Gasteiger partial charge on any atom is -0.508 e. The summed E-state index contributed by atoms with van der Waals surface area (Å²) in [6.45, 7) is 5.32. The first-order valence-electron chi connectivity index (χ1n) is 24.9. The number of aliphatic hydroxyl groups is 5. The molecular formula is C54H67NO13. The summed E-state index contributed by atoms with van der Waals surface area (Å²) in [5, 5.41) is 86.6. The van der Waals surface area contributed by atoms with Gasteiger partial charge < -0.3 is 59.7 Å². The van der Waals surface area contributed by atoms with Gasteiger partial charge in [-0.2, -0.15) is 0 Å². The molecule has 5 heterocycles. The average molecular weight is 938 g/mol. The summed E-state index contributed by atoms with van der Waals surface area (Å²) >= 11 is 0. The molecule has 68 heavy (non-hydrogen) atoms. The number of H-pyrrole nitrogens is 1. The summed E-state index contributed by atoms with van der Waals surface area (Å²) in [7, 11) is 1.22. The van der Waals surface area contributed by atoms with Crippen molar-refractivity contribution in [1.29, 1.82) is 0 Å². The quantitative estimate of drug-likeness (QED) is 0.0858. The lowest BCUT2D eigenvalue weighted by molar-refractivity contribution is -0.509. The number of rotatable bonds is 12. The number of aromatic amines is 1. The van der Waals surface area contributed by atoms with Crippen LogP contribution in [0.1, 0.15) is 114 Å². The van der Waals surface area contributed by atoms with Gasteiger partial charge in [-0.3, -0.25) is 4.79 Å².